The van der Waals surface area contributed by atoms with Crippen LogP contribution in [0.2, 0.25) is 0 Å². The number of aryl methyl sites for hydroxylation is 1. The van der Waals surface area contributed by atoms with Crippen molar-refractivity contribution in [3.63, 3.8) is 0 Å². The molecule has 96 valence electrons. The van der Waals surface area contributed by atoms with E-state index in [-0.39, 0.29) is 5.92 Å². The number of hydrogen-bond acceptors (Lipinski definition) is 4. The van der Waals surface area contributed by atoms with Crippen LogP contribution in [0.4, 0.5) is 0 Å². The Balaban J connectivity index is 2.14. The first kappa shape index (κ1) is 11.8. The van der Waals surface area contributed by atoms with Gasteiger partial charge in [-0.1, -0.05) is 30.3 Å². The van der Waals surface area contributed by atoms with E-state index in [9.17, 15) is 0 Å². The van der Waals surface area contributed by atoms with E-state index in [1.54, 1.807) is 4.52 Å². The van der Waals surface area contributed by atoms with Gasteiger partial charge in [0.2, 0.25) is 0 Å². The summed E-state index contributed by atoms with van der Waals surface area (Å²) in [6, 6.07) is 13.9. The molecule has 0 amide bonds. The van der Waals surface area contributed by atoms with Crippen LogP contribution in [0, 0.1) is 6.92 Å². The van der Waals surface area contributed by atoms with Gasteiger partial charge in [0.25, 0.3) is 0 Å². The van der Waals surface area contributed by atoms with E-state index in [2.05, 4.69) is 15.3 Å². The number of nitrogens with two attached hydrogens (primary N) is 1. The minimum atomic E-state index is 0.00509. The maximum atomic E-state index is 5.92. The number of hydrogen-bond donors (Lipinski definition) is 1. The molecule has 3 aromatic rings. The number of aromatic nitrogens is 4. The zero-order chi connectivity index (χ0) is 13.2. The average Bonchev–Trinajstić information content (AvgIpc) is 2.84. The Labute approximate surface area is 111 Å². The number of fused-ring (bicyclic) bond motifs is 1. The molecule has 1 atom stereocenters. The molecule has 3 rings (SSSR count). The summed E-state index contributed by atoms with van der Waals surface area (Å²) >= 11 is 0. The maximum Gasteiger partial charge on any atom is 0.177 e. The predicted molar refractivity (Wildman–Crippen MR) is 72.9 cm³/mol. The van der Waals surface area contributed by atoms with Crippen molar-refractivity contribution in [2.75, 3.05) is 6.54 Å². The van der Waals surface area contributed by atoms with Crippen molar-refractivity contribution in [2.45, 2.75) is 12.8 Å². The fourth-order valence-electron chi connectivity index (χ4n) is 2.19. The molecular weight excluding hydrogens is 238 g/mol. The van der Waals surface area contributed by atoms with E-state index in [4.69, 9.17) is 5.73 Å². The molecule has 2 heterocycles. The highest BCUT2D eigenvalue weighted by Crippen LogP contribution is 2.21. The number of rotatable bonds is 3. The van der Waals surface area contributed by atoms with Crippen molar-refractivity contribution < 1.29 is 0 Å². The van der Waals surface area contributed by atoms with Gasteiger partial charge in [0.1, 0.15) is 0 Å². The third-order valence-electron chi connectivity index (χ3n) is 3.17. The molecule has 0 aliphatic heterocycles. The van der Waals surface area contributed by atoms with Crippen LogP contribution >= 0.6 is 0 Å². The van der Waals surface area contributed by atoms with Crippen molar-refractivity contribution >= 4 is 5.65 Å². The van der Waals surface area contributed by atoms with Crippen molar-refractivity contribution in [2.24, 2.45) is 5.73 Å². The molecule has 1 aromatic carbocycles. The molecule has 0 spiro atoms. The normalized spacial score (nSPS) is 12.7. The zero-order valence-corrected chi connectivity index (χ0v) is 10.7. The van der Waals surface area contributed by atoms with Gasteiger partial charge in [-0.3, -0.25) is 0 Å². The predicted octanol–water partition coefficient (Wildman–Crippen LogP) is 1.52. The van der Waals surface area contributed by atoms with E-state index < -0.39 is 0 Å². The van der Waals surface area contributed by atoms with Crippen LogP contribution < -0.4 is 5.73 Å². The van der Waals surface area contributed by atoms with Gasteiger partial charge >= 0.3 is 0 Å². The van der Waals surface area contributed by atoms with Crippen LogP contribution in [-0.2, 0) is 0 Å². The lowest BCUT2D eigenvalue weighted by Crippen LogP contribution is -2.17. The minimum absolute atomic E-state index is 0.00509. The van der Waals surface area contributed by atoms with Gasteiger partial charge in [-0.25, -0.2) is 0 Å². The van der Waals surface area contributed by atoms with Crippen LogP contribution in [0.3, 0.4) is 0 Å². The second kappa shape index (κ2) is 4.78. The Hall–Kier alpha value is -2.27. The zero-order valence-electron chi connectivity index (χ0n) is 10.7. The van der Waals surface area contributed by atoms with Crippen LogP contribution in [0.5, 0.6) is 0 Å². The molecule has 1 unspecified atom stereocenters. The molecule has 0 aliphatic carbocycles. The molecule has 0 fully saturated rings. The van der Waals surface area contributed by atoms with Gasteiger partial charge in [-0.15, -0.1) is 10.2 Å². The maximum absolute atomic E-state index is 5.92. The van der Waals surface area contributed by atoms with Crippen LogP contribution in [0.25, 0.3) is 5.65 Å². The fraction of sp³-hybridized carbons (Fsp3) is 0.214. The molecule has 0 bridgehead atoms. The first-order valence-corrected chi connectivity index (χ1v) is 6.23. The Bertz CT molecular complexity index is 689. The first-order chi connectivity index (χ1) is 9.29. The average molecular weight is 253 g/mol. The van der Waals surface area contributed by atoms with Crippen molar-refractivity contribution in [1.29, 1.82) is 0 Å². The Morgan fingerprint density at radius 2 is 1.89 bits per heavy atom. The fourth-order valence-corrected chi connectivity index (χ4v) is 2.19. The van der Waals surface area contributed by atoms with Crippen molar-refractivity contribution in [3.05, 3.63) is 59.5 Å². The number of nitrogens with zero attached hydrogens (tertiary/aromatic N) is 4. The third kappa shape index (κ3) is 2.08. The molecule has 2 aromatic heterocycles. The quantitative estimate of drug-likeness (QED) is 0.768. The molecule has 0 saturated carbocycles. The lowest BCUT2D eigenvalue weighted by atomic mass is 9.99. The summed E-state index contributed by atoms with van der Waals surface area (Å²) in [6.07, 6.45) is 0. The SMILES string of the molecule is Cc1ccc2nnc(C(CN)c3ccccc3)n2n1. The van der Waals surface area contributed by atoms with E-state index in [0.29, 0.717) is 6.54 Å². The Morgan fingerprint density at radius 3 is 2.63 bits per heavy atom. The molecule has 5 heteroatoms. The second-order valence-electron chi connectivity index (χ2n) is 4.50. The van der Waals surface area contributed by atoms with Gasteiger partial charge in [0.05, 0.1) is 11.6 Å². The minimum Gasteiger partial charge on any atom is -0.329 e. The van der Waals surface area contributed by atoms with E-state index in [1.807, 2.05) is 49.4 Å². The van der Waals surface area contributed by atoms with Gasteiger partial charge in [0, 0.05) is 6.54 Å². The van der Waals surface area contributed by atoms with Crippen molar-refractivity contribution in [1.82, 2.24) is 19.8 Å². The highest BCUT2D eigenvalue weighted by Gasteiger charge is 2.19. The highest BCUT2D eigenvalue weighted by molar-refractivity contribution is 5.38. The summed E-state index contributed by atoms with van der Waals surface area (Å²) in [6.45, 7) is 2.42. The summed E-state index contributed by atoms with van der Waals surface area (Å²) < 4.78 is 1.78. The van der Waals surface area contributed by atoms with Crippen LogP contribution in [0.15, 0.2) is 42.5 Å². The van der Waals surface area contributed by atoms with E-state index in [0.717, 1.165) is 22.7 Å². The Kier molecular flexibility index (Phi) is 2.97. The molecular formula is C14H15N5. The summed E-state index contributed by atoms with van der Waals surface area (Å²) in [5.41, 5.74) is 8.72. The van der Waals surface area contributed by atoms with Gasteiger partial charge < -0.3 is 5.73 Å². The highest BCUT2D eigenvalue weighted by atomic mass is 15.4. The molecule has 19 heavy (non-hydrogen) atoms. The Morgan fingerprint density at radius 1 is 1.11 bits per heavy atom. The van der Waals surface area contributed by atoms with Gasteiger partial charge in [-0.05, 0) is 24.6 Å². The number of benzene rings is 1. The summed E-state index contributed by atoms with van der Waals surface area (Å²) in [5, 5.41) is 12.9. The molecule has 0 saturated heterocycles. The molecule has 5 nitrogen and oxygen atoms in total. The molecule has 2 N–H and O–H groups in total. The third-order valence-corrected chi connectivity index (χ3v) is 3.17. The summed E-state index contributed by atoms with van der Waals surface area (Å²) in [5.74, 6) is 0.790. The van der Waals surface area contributed by atoms with Gasteiger partial charge in [-0.2, -0.15) is 9.61 Å². The van der Waals surface area contributed by atoms with Crippen LogP contribution in [-0.4, -0.2) is 26.4 Å². The lowest BCUT2D eigenvalue weighted by Gasteiger charge is -2.12. The molecule has 0 radical (unpaired) electrons. The van der Waals surface area contributed by atoms with E-state index >= 15 is 0 Å². The summed E-state index contributed by atoms with van der Waals surface area (Å²) in [7, 11) is 0. The monoisotopic (exact) mass is 253 g/mol. The van der Waals surface area contributed by atoms with Gasteiger partial charge in [0.15, 0.2) is 11.5 Å². The first-order valence-electron chi connectivity index (χ1n) is 6.23. The van der Waals surface area contributed by atoms with Crippen LogP contribution in [0.1, 0.15) is 23.0 Å². The molecule has 0 aliphatic rings. The second-order valence-corrected chi connectivity index (χ2v) is 4.50. The van der Waals surface area contributed by atoms with E-state index in [1.165, 1.54) is 0 Å². The standard InChI is InChI=1S/C14H15N5/c1-10-7-8-13-16-17-14(19(13)18-10)12(9-15)11-5-3-2-4-6-11/h2-8,12H,9,15H2,1H3. The summed E-state index contributed by atoms with van der Waals surface area (Å²) in [4.78, 5) is 0. The lowest BCUT2D eigenvalue weighted by molar-refractivity contribution is 0.702. The largest absolute Gasteiger partial charge is 0.329 e. The van der Waals surface area contributed by atoms with Crippen molar-refractivity contribution in [3.8, 4) is 0 Å². The topological polar surface area (TPSA) is 69.1 Å². The smallest absolute Gasteiger partial charge is 0.177 e.